The number of esters is 1. The largest absolute Gasteiger partial charge is 0.748 e. The van der Waals surface area contributed by atoms with Crippen molar-refractivity contribution in [2.24, 2.45) is 23.2 Å². The molecule has 23 heavy (non-hydrogen) atoms. The van der Waals surface area contributed by atoms with Crippen molar-refractivity contribution >= 4 is 16.1 Å². The molecule has 4 bridgehead atoms. The number of ether oxygens (including phenoxy) is 1. The number of hydrogen-bond acceptors (Lipinski definition) is 5. The Kier molecular flexibility index (Phi) is 3.95. The molecule has 4 fully saturated rings. The lowest BCUT2D eigenvalue weighted by molar-refractivity contribution is -0.226. The number of hydrogen-bond donors (Lipinski definition) is 0. The van der Waals surface area contributed by atoms with Gasteiger partial charge in [0.15, 0.2) is 0 Å². The smallest absolute Gasteiger partial charge is 0.426 e. The van der Waals surface area contributed by atoms with Crippen LogP contribution in [0, 0.1) is 23.2 Å². The molecule has 132 valence electrons. The first-order chi connectivity index (χ1) is 10.5. The maximum absolute atomic E-state index is 12.9. The normalized spacial score (nSPS) is 37.7. The zero-order valence-electron chi connectivity index (χ0n) is 12.3. The van der Waals surface area contributed by atoms with Gasteiger partial charge < -0.3 is 9.29 Å². The Morgan fingerprint density at radius 3 is 1.91 bits per heavy atom. The second kappa shape index (κ2) is 5.34. The Hall–Kier alpha value is -0.830. The molecule has 5 nitrogen and oxygen atoms in total. The molecule has 4 aliphatic carbocycles. The Labute approximate surface area is 132 Å². The highest BCUT2D eigenvalue weighted by atomic mass is 32.2. The number of rotatable bonds is 4. The standard InChI is InChI=1S/C14H19F3O5S/c15-14(16,17)11(7-23(19,20)21)22-12(18)13-4-8-1-9(5-13)3-10(2-8)6-13/h8-11H,1-7H2,(H,19,20,21)/p-1. The van der Waals surface area contributed by atoms with E-state index in [0.717, 1.165) is 19.3 Å². The van der Waals surface area contributed by atoms with Gasteiger partial charge >= 0.3 is 12.1 Å². The van der Waals surface area contributed by atoms with Crippen LogP contribution in [0.2, 0.25) is 0 Å². The van der Waals surface area contributed by atoms with E-state index in [1.807, 2.05) is 0 Å². The minimum atomic E-state index is -5.16. The molecule has 1 atom stereocenters. The van der Waals surface area contributed by atoms with Crippen LogP contribution in [0.5, 0.6) is 0 Å². The van der Waals surface area contributed by atoms with Crippen molar-refractivity contribution in [1.82, 2.24) is 0 Å². The molecule has 1 unspecified atom stereocenters. The molecule has 4 saturated carbocycles. The second-order valence-electron chi connectivity index (χ2n) is 7.36. The minimum absolute atomic E-state index is 0.335. The fourth-order valence-corrected chi connectivity index (χ4v) is 5.62. The highest BCUT2D eigenvalue weighted by Crippen LogP contribution is 2.60. The van der Waals surface area contributed by atoms with Crippen molar-refractivity contribution in [3.05, 3.63) is 0 Å². The average molecular weight is 355 g/mol. The van der Waals surface area contributed by atoms with Gasteiger partial charge in [-0.1, -0.05) is 0 Å². The molecule has 0 N–H and O–H groups in total. The van der Waals surface area contributed by atoms with Gasteiger partial charge in [0.2, 0.25) is 6.10 Å². The zero-order chi connectivity index (χ0) is 17.0. The van der Waals surface area contributed by atoms with Crippen LogP contribution in [-0.2, 0) is 19.6 Å². The molecule has 0 heterocycles. The van der Waals surface area contributed by atoms with Gasteiger partial charge in [0.25, 0.3) is 0 Å². The molecule has 0 aliphatic heterocycles. The fraction of sp³-hybridized carbons (Fsp3) is 0.929. The monoisotopic (exact) mass is 355 g/mol. The van der Waals surface area contributed by atoms with Crippen LogP contribution in [0.4, 0.5) is 13.2 Å². The van der Waals surface area contributed by atoms with Gasteiger partial charge in [-0.15, -0.1) is 0 Å². The van der Waals surface area contributed by atoms with E-state index in [1.54, 1.807) is 0 Å². The van der Waals surface area contributed by atoms with Crippen LogP contribution >= 0.6 is 0 Å². The van der Waals surface area contributed by atoms with Crippen molar-refractivity contribution in [3.63, 3.8) is 0 Å². The van der Waals surface area contributed by atoms with E-state index < -0.39 is 39.5 Å². The minimum Gasteiger partial charge on any atom is -0.748 e. The predicted molar refractivity (Wildman–Crippen MR) is 71.1 cm³/mol. The van der Waals surface area contributed by atoms with Crippen LogP contribution in [0.1, 0.15) is 38.5 Å². The van der Waals surface area contributed by atoms with Gasteiger partial charge in [-0.05, 0) is 56.3 Å². The van der Waals surface area contributed by atoms with Crippen LogP contribution in [0.15, 0.2) is 0 Å². The molecule has 0 amide bonds. The Balaban J connectivity index is 1.77. The lowest BCUT2D eigenvalue weighted by Gasteiger charge is -2.55. The highest BCUT2D eigenvalue weighted by Gasteiger charge is 2.57. The summed E-state index contributed by atoms with van der Waals surface area (Å²) in [6.45, 7) is 0. The van der Waals surface area contributed by atoms with Gasteiger partial charge in [-0.2, -0.15) is 13.2 Å². The van der Waals surface area contributed by atoms with Gasteiger partial charge in [-0.3, -0.25) is 4.79 Å². The van der Waals surface area contributed by atoms with Gasteiger partial charge in [0.05, 0.1) is 21.3 Å². The summed E-state index contributed by atoms with van der Waals surface area (Å²) in [6.07, 6.45) is -3.43. The highest BCUT2D eigenvalue weighted by molar-refractivity contribution is 7.85. The first-order valence-electron chi connectivity index (χ1n) is 7.68. The van der Waals surface area contributed by atoms with E-state index in [-0.39, 0.29) is 0 Å². The average Bonchev–Trinajstić information content (AvgIpc) is 2.33. The molecular weight excluding hydrogens is 337 g/mol. The van der Waals surface area contributed by atoms with E-state index in [2.05, 4.69) is 4.74 Å². The third-order valence-corrected chi connectivity index (χ3v) is 6.15. The lowest BCUT2D eigenvalue weighted by atomic mass is 9.49. The van der Waals surface area contributed by atoms with Crippen molar-refractivity contribution in [2.75, 3.05) is 5.75 Å². The topological polar surface area (TPSA) is 83.5 Å². The summed E-state index contributed by atoms with van der Waals surface area (Å²) in [5.41, 5.74) is -0.926. The fourth-order valence-electron chi connectivity index (χ4n) is 5.00. The quantitative estimate of drug-likeness (QED) is 0.570. The van der Waals surface area contributed by atoms with Crippen LogP contribution < -0.4 is 0 Å². The first-order valence-corrected chi connectivity index (χ1v) is 9.26. The SMILES string of the molecule is O=C(OC(CS(=O)(=O)[O-])C(F)(F)F)C12CC3CC(CC(C3)C1)C2. The van der Waals surface area contributed by atoms with E-state index in [4.69, 9.17) is 0 Å². The molecule has 9 heteroatoms. The van der Waals surface area contributed by atoms with Crippen LogP contribution in [0.3, 0.4) is 0 Å². The van der Waals surface area contributed by atoms with Gasteiger partial charge in [-0.25, -0.2) is 8.42 Å². The molecular formula is C14H18F3O5S-. The second-order valence-corrected chi connectivity index (χ2v) is 8.81. The lowest BCUT2D eigenvalue weighted by Crippen LogP contribution is -2.52. The molecule has 0 radical (unpaired) electrons. The number of halogens is 3. The first kappa shape index (κ1) is 17.0. The zero-order valence-corrected chi connectivity index (χ0v) is 13.2. The number of carbonyl (C=O) groups is 1. The maximum atomic E-state index is 12.9. The van der Waals surface area contributed by atoms with E-state index in [9.17, 15) is 30.9 Å². The van der Waals surface area contributed by atoms with Gasteiger partial charge in [0.1, 0.15) is 0 Å². The van der Waals surface area contributed by atoms with E-state index in [0.29, 0.717) is 37.0 Å². The van der Waals surface area contributed by atoms with Crippen LogP contribution in [-0.4, -0.2) is 37.0 Å². The molecule has 0 aromatic rings. The van der Waals surface area contributed by atoms with E-state index >= 15 is 0 Å². The molecule has 0 saturated heterocycles. The third kappa shape index (κ3) is 3.50. The number of alkyl halides is 3. The summed E-state index contributed by atoms with van der Waals surface area (Å²) >= 11 is 0. The maximum Gasteiger partial charge on any atom is 0.426 e. The molecule has 0 aromatic carbocycles. The molecule has 4 aliphatic rings. The van der Waals surface area contributed by atoms with Crippen molar-refractivity contribution < 1.29 is 35.7 Å². The summed E-state index contributed by atoms with van der Waals surface area (Å²) in [7, 11) is -5.16. The molecule has 0 spiro atoms. The summed E-state index contributed by atoms with van der Waals surface area (Å²) in [6, 6.07) is 0. The molecule has 0 aromatic heterocycles. The van der Waals surface area contributed by atoms with E-state index in [1.165, 1.54) is 0 Å². The molecule has 4 rings (SSSR count). The Morgan fingerprint density at radius 1 is 1.13 bits per heavy atom. The predicted octanol–water partition coefficient (Wildman–Crippen LogP) is 2.22. The Morgan fingerprint density at radius 2 is 1.57 bits per heavy atom. The van der Waals surface area contributed by atoms with Gasteiger partial charge in [0, 0.05) is 0 Å². The van der Waals surface area contributed by atoms with Crippen molar-refractivity contribution in [3.8, 4) is 0 Å². The summed E-state index contributed by atoms with van der Waals surface area (Å²) in [5, 5.41) is 0. The Bertz CT molecular complexity index is 563. The number of carbonyl (C=O) groups excluding carboxylic acids is 1. The van der Waals surface area contributed by atoms with Crippen molar-refractivity contribution in [1.29, 1.82) is 0 Å². The summed E-state index contributed by atoms with van der Waals surface area (Å²) in [5.74, 6) is -1.75. The van der Waals surface area contributed by atoms with Crippen molar-refractivity contribution in [2.45, 2.75) is 50.8 Å². The van der Waals surface area contributed by atoms with Crippen LogP contribution in [0.25, 0.3) is 0 Å². The summed E-state index contributed by atoms with van der Waals surface area (Å²) in [4.78, 5) is 12.4. The third-order valence-electron chi connectivity index (χ3n) is 5.44. The summed E-state index contributed by atoms with van der Waals surface area (Å²) < 4.78 is 75.3.